The zero-order chi connectivity index (χ0) is 12.8. The summed E-state index contributed by atoms with van der Waals surface area (Å²) in [5, 5.41) is 3.71. The molecule has 1 aliphatic rings. The summed E-state index contributed by atoms with van der Waals surface area (Å²) in [5.74, 6) is 1.46. The molecule has 102 valence electrons. The maximum absolute atomic E-state index is 5.24. The highest BCUT2D eigenvalue weighted by molar-refractivity contribution is 4.89. The van der Waals surface area contributed by atoms with Gasteiger partial charge in [0.15, 0.2) is 0 Å². The summed E-state index contributed by atoms with van der Waals surface area (Å²) in [6.45, 7) is 13.5. The van der Waals surface area contributed by atoms with Crippen LogP contribution in [0.5, 0.6) is 0 Å². The summed E-state index contributed by atoms with van der Waals surface area (Å²) < 4.78 is 5.24. The van der Waals surface area contributed by atoms with E-state index in [9.17, 15) is 0 Å². The minimum atomic E-state index is 0.632. The van der Waals surface area contributed by atoms with Crippen molar-refractivity contribution in [3.8, 4) is 0 Å². The van der Waals surface area contributed by atoms with E-state index in [-0.39, 0.29) is 0 Å². The molecule has 1 rings (SSSR count). The number of piperazine rings is 1. The first-order valence-electron chi connectivity index (χ1n) is 7.06. The molecule has 1 fully saturated rings. The van der Waals surface area contributed by atoms with Gasteiger partial charge in [-0.15, -0.1) is 0 Å². The van der Waals surface area contributed by atoms with Gasteiger partial charge >= 0.3 is 0 Å². The van der Waals surface area contributed by atoms with E-state index in [1.165, 1.54) is 6.42 Å². The van der Waals surface area contributed by atoms with Gasteiger partial charge in [0.2, 0.25) is 0 Å². The lowest BCUT2D eigenvalue weighted by molar-refractivity contribution is 0.0526. The van der Waals surface area contributed by atoms with Crippen LogP contribution < -0.4 is 5.32 Å². The van der Waals surface area contributed by atoms with E-state index in [0.717, 1.165) is 32.2 Å². The number of methoxy groups -OCH3 is 1. The van der Waals surface area contributed by atoms with Crippen molar-refractivity contribution in [2.45, 2.75) is 46.2 Å². The van der Waals surface area contributed by atoms with Gasteiger partial charge in [0.25, 0.3) is 0 Å². The molecule has 0 aliphatic carbocycles. The Hall–Kier alpha value is -0.120. The molecule has 3 nitrogen and oxygen atoms in total. The Morgan fingerprint density at radius 1 is 1.35 bits per heavy atom. The van der Waals surface area contributed by atoms with Crippen molar-refractivity contribution in [3.63, 3.8) is 0 Å². The fourth-order valence-electron chi connectivity index (χ4n) is 2.60. The molecule has 0 aromatic rings. The molecule has 1 heterocycles. The maximum Gasteiger partial charge on any atom is 0.0589 e. The monoisotopic (exact) mass is 242 g/mol. The van der Waals surface area contributed by atoms with Gasteiger partial charge < -0.3 is 10.1 Å². The van der Waals surface area contributed by atoms with Crippen LogP contribution in [0.3, 0.4) is 0 Å². The summed E-state index contributed by atoms with van der Waals surface area (Å²) in [6, 6.07) is 1.30. The molecule has 3 unspecified atom stereocenters. The maximum atomic E-state index is 5.24. The van der Waals surface area contributed by atoms with E-state index < -0.39 is 0 Å². The number of ether oxygens (including phenoxy) is 1. The van der Waals surface area contributed by atoms with Gasteiger partial charge in [0.05, 0.1) is 6.61 Å². The van der Waals surface area contributed by atoms with Crippen LogP contribution in [0.15, 0.2) is 0 Å². The van der Waals surface area contributed by atoms with Crippen molar-refractivity contribution < 1.29 is 4.74 Å². The first kappa shape index (κ1) is 14.9. The third-order valence-electron chi connectivity index (χ3n) is 4.18. The Kier molecular flexibility index (Phi) is 6.45. The largest absolute Gasteiger partial charge is 0.383 e. The molecule has 0 aromatic heterocycles. The van der Waals surface area contributed by atoms with E-state index >= 15 is 0 Å². The van der Waals surface area contributed by atoms with Gasteiger partial charge in [0.1, 0.15) is 0 Å². The van der Waals surface area contributed by atoms with Crippen molar-refractivity contribution in [2.24, 2.45) is 11.8 Å². The highest BCUT2D eigenvalue weighted by Crippen LogP contribution is 2.20. The Balaban J connectivity index is 2.58. The predicted molar refractivity (Wildman–Crippen MR) is 73.3 cm³/mol. The average Bonchev–Trinajstić information content (AvgIpc) is 2.34. The molecular weight excluding hydrogens is 212 g/mol. The second-order valence-electron chi connectivity index (χ2n) is 5.70. The SMILES string of the molecule is CCC(C)C1CNC(C(C)C)CN1CCOC. The summed E-state index contributed by atoms with van der Waals surface area (Å²) in [6.07, 6.45) is 1.25. The Morgan fingerprint density at radius 3 is 2.59 bits per heavy atom. The second kappa shape index (κ2) is 7.34. The summed E-state index contributed by atoms with van der Waals surface area (Å²) >= 11 is 0. The average molecular weight is 242 g/mol. The first-order chi connectivity index (χ1) is 8.10. The van der Waals surface area contributed by atoms with E-state index in [4.69, 9.17) is 4.74 Å². The molecule has 0 radical (unpaired) electrons. The third kappa shape index (κ3) is 4.23. The molecule has 0 amide bonds. The Labute approximate surface area is 107 Å². The van der Waals surface area contributed by atoms with E-state index in [1.807, 2.05) is 0 Å². The third-order valence-corrected chi connectivity index (χ3v) is 4.18. The zero-order valence-electron chi connectivity index (χ0n) is 12.2. The van der Waals surface area contributed by atoms with Crippen molar-refractivity contribution in [1.82, 2.24) is 10.2 Å². The lowest BCUT2D eigenvalue weighted by Gasteiger charge is -2.44. The molecule has 0 aromatic carbocycles. The topological polar surface area (TPSA) is 24.5 Å². The lowest BCUT2D eigenvalue weighted by atomic mass is 9.92. The Morgan fingerprint density at radius 2 is 2.06 bits per heavy atom. The van der Waals surface area contributed by atoms with Gasteiger partial charge in [-0.2, -0.15) is 0 Å². The van der Waals surface area contributed by atoms with Crippen LogP contribution in [-0.2, 0) is 4.74 Å². The minimum Gasteiger partial charge on any atom is -0.383 e. The highest BCUT2D eigenvalue weighted by atomic mass is 16.5. The zero-order valence-corrected chi connectivity index (χ0v) is 12.2. The molecule has 3 atom stereocenters. The van der Waals surface area contributed by atoms with Crippen molar-refractivity contribution in [3.05, 3.63) is 0 Å². The van der Waals surface area contributed by atoms with Crippen molar-refractivity contribution in [1.29, 1.82) is 0 Å². The summed E-state index contributed by atoms with van der Waals surface area (Å²) in [7, 11) is 1.79. The van der Waals surface area contributed by atoms with Crippen LogP contribution in [0.1, 0.15) is 34.1 Å². The number of nitrogens with one attached hydrogen (secondary N) is 1. The molecule has 17 heavy (non-hydrogen) atoms. The lowest BCUT2D eigenvalue weighted by Crippen LogP contribution is -2.60. The molecule has 3 heteroatoms. The smallest absolute Gasteiger partial charge is 0.0589 e. The normalized spacial score (nSPS) is 28.6. The number of hydrogen-bond donors (Lipinski definition) is 1. The van der Waals surface area contributed by atoms with Gasteiger partial charge in [-0.25, -0.2) is 0 Å². The molecule has 1 saturated heterocycles. The standard InChI is InChI=1S/C14H30N2O/c1-6-12(4)14-9-15-13(11(2)3)10-16(14)7-8-17-5/h11-15H,6-10H2,1-5H3. The van der Waals surface area contributed by atoms with Crippen LogP contribution in [-0.4, -0.2) is 50.3 Å². The van der Waals surface area contributed by atoms with Crippen LogP contribution in [0.4, 0.5) is 0 Å². The van der Waals surface area contributed by atoms with Crippen molar-refractivity contribution in [2.75, 3.05) is 33.4 Å². The van der Waals surface area contributed by atoms with Gasteiger partial charge in [-0.05, 0) is 11.8 Å². The number of rotatable bonds is 6. The van der Waals surface area contributed by atoms with Crippen LogP contribution in [0.2, 0.25) is 0 Å². The van der Waals surface area contributed by atoms with Crippen molar-refractivity contribution >= 4 is 0 Å². The molecular formula is C14H30N2O. The number of hydrogen-bond acceptors (Lipinski definition) is 3. The summed E-state index contributed by atoms with van der Waals surface area (Å²) in [5.41, 5.74) is 0. The van der Waals surface area contributed by atoms with Crippen LogP contribution >= 0.6 is 0 Å². The first-order valence-corrected chi connectivity index (χ1v) is 7.06. The Bertz CT molecular complexity index is 208. The predicted octanol–water partition coefficient (Wildman–Crippen LogP) is 1.98. The number of nitrogens with zero attached hydrogens (tertiary/aromatic N) is 1. The summed E-state index contributed by atoms with van der Waals surface area (Å²) in [4.78, 5) is 2.62. The molecule has 1 N–H and O–H groups in total. The van der Waals surface area contributed by atoms with Crippen LogP contribution in [0, 0.1) is 11.8 Å². The van der Waals surface area contributed by atoms with Crippen LogP contribution in [0.25, 0.3) is 0 Å². The molecule has 0 saturated carbocycles. The van der Waals surface area contributed by atoms with Gasteiger partial charge in [0, 0.05) is 38.8 Å². The fraction of sp³-hybridized carbons (Fsp3) is 1.00. The highest BCUT2D eigenvalue weighted by Gasteiger charge is 2.31. The van der Waals surface area contributed by atoms with E-state index in [2.05, 4.69) is 37.9 Å². The van der Waals surface area contributed by atoms with Gasteiger partial charge in [-0.3, -0.25) is 4.90 Å². The molecule has 0 bridgehead atoms. The minimum absolute atomic E-state index is 0.632. The fourth-order valence-corrected chi connectivity index (χ4v) is 2.60. The van der Waals surface area contributed by atoms with Gasteiger partial charge in [-0.1, -0.05) is 34.1 Å². The quantitative estimate of drug-likeness (QED) is 0.771. The van der Waals surface area contributed by atoms with E-state index in [0.29, 0.717) is 18.0 Å². The molecule has 1 aliphatic heterocycles. The van der Waals surface area contributed by atoms with E-state index in [1.54, 1.807) is 7.11 Å². The molecule has 0 spiro atoms. The second-order valence-corrected chi connectivity index (χ2v) is 5.70.